The molecular weight excluding hydrogens is 292 g/mol. The fourth-order valence-electron chi connectivity index (χ4n) is 3.33. The Morgan fingerprint density at radius 1 is 1.35 bits per heavy atom. The Morgan fingerprint density at radius 3 is 2.57 bits per heavy atom. The molecule has 0 unspecified atom stereocenters. The summed E-state index contributed by atoms with van der Waals surface area (Å²) in [5.74, 6) is -0.0000420. The van der Waals surface area contributed by atoms with Crippen LogP contribution in [0.5, 0.6) is 0 Å². The average molecular weight is 314 g/mol. The smallest absolute Gasteiger partial charge is 0.254 e. The van der Waals surface area contributed by atoms with E-state index in [0.717, 1.165) is 24.8 Å². The highest BCUT2D eigenvalue weighted by Crippen LogP contribution is 2.47. The van der Waals surface area contributed by atoms with Gasteiger partial charge in [0.2, 0.25) is 0 Å². The van der Waals surface area contributed by atoms with Crippen molar-refractivity contribution in [3.63, 3.8) is 0 Å². The Hall–Kier alpha value is -1.90. The Bertz CT molecular complexity index is 616. The van der Waals surface area contributed by atoms with E-state index in [4.69, 9.17) is 9.47 Å². The molecular formula is C18H22N2O3. The van der Waals surface area contributed by atoms with Gasteiger partial charge in [0, 0.05) is 26.3 Å². The molecule has 3 rings (SSSR count). The highest BCUT2D eigenvalue weighted by Gasteiger charge is 2.45. The maximum absolute atomic E-state index is 12.8. The van der Waals surface area contributed by atoms with E-state index in [-0.39, 0.29) is 23.5 Å². The molecule has 1 saturated heterocycles. The molecule has 23 heavy (non-hydrogen) atoms. The van der Waals surface area contributed by atoms with Crippen molar-refractivity contribution >= 4 is 5.91 Å². The number of hydrogen-bond acceptors (Lipinski definition) is 4. The third-order valence-corrected chi connectivity index (χ3v) is 4.98. The maximum atomic E-state index is 12.8. The molecule has 122 valence electrons. The second kappa shape index (κ2) is 6.31. The molecule has 2 fully saturated rings. The fourth-order valence-corrected chi connectivity index (χ4v) is 3.33. The average Bonchev–Trinajstić information content (AvgIpc) is 3.29. The molecule has 0 spiro atoms. The van der Waals surface area contributed by atoms with E-state index >= 15 is 0 Å². The summed E-state index contributed by atoms with van der Waals surface area (Å²) >= 11 is 0. The minimum absolute atomic E-state index is 0.0000420. The highest BCUT2D eigenvalue weighted by molar-refractivity contribution is 5.94. The van der Waals surface area contributed by atoms with Crippen LogP contribution in [-0.2, 0) is 14.9 Å². The number of rotatable bonds is 5. The van der Waals surface area contributed by atoms with Gasteiger partial charge in [0.1, 0.15) is 0 Å². The Labute approximate surface area is 136 Å². The van der Waals surface area contributed by atoms with Gasteiger partial charge < -0.3 is 14.4 Å². The van der Waals surface area contributed by atoms with Crippen molar-refractivity contribution in [3.05, 3.63) is 35.4 Å². The molecule has 1 aromatic carbocycles. The standard InChI is InChI=1S/C18H22N2O3/c1-22-11-15-9-16(23-2)10-20(15)17(21)13-3-5-14(6-4-13)18(12-19)7-8-18/h3-6,15-16H,7-11H2,1-2H3/t15-,16+/m0/s1. The van der Waals surface area contributed by atoms with Crippen LogP contribution in [0.2, 0.25) is 0 Å². The SMILES string of the molecule is COC[C@@H]1C[C@@H](OC)CN1C(=O)c1ccc(C2(C#N)CC2)cc1. The molecule has 0 aromatic heterocycles. The molecule has 1 aliphatic carbocycles. The topological polar surface area (TPSA) is 62.6 Å². The normalized spacial score (nSPS) is 25.2. The van der Waals surface area contributed by atoms with Crippen molar-refractivity contribution in [2.24, 2.45) is 0 Å². The monoisotopic (exact) mass is 314 g/mol. The van der Waals surface area contributed by atoms with Crippen molar-refractivity contribution in [2.45, 2.75) is 36.8 Å². The van der Waals surface area contributed by atoms with E-state index in [2.05, 4.69) is 6.07 Å². The van der Waals surface area contributed by atoms with Crippen molar-refractivity contribution in [2.75, 3.05) is 27.4 Å². The number of hydrogen-bond donors (Lipinski definition) is 0. The summed E-state index contributed by atoms with van der Waals surface area (Å²) < 4.78 is 10.6. The lowest BCUT2D eigenvalue weighted by Gasteiger charge is -2.24. The summed E-state index contributed by atoms with van der Waals surface area (Å²) in [5.41, 5.74) is 1.36. The molecule has 0 N–H and O–H groups in total. The van der Waals surface area contributed by atoms with E-state index in [9.17, 15) is 10.1 Å². The summed E-state index contributed by atoms with van der Waals surface area (Å²) in [6.45, 7) is 1.11. The zero-order chi connectivity index (χ0) is 16.4. The van der Waals surface area contributed by atoms with Crippen LogP contribution in [0.15, 0.2) is 24.3 Å². The molecule has 0 bridgehead atoms. The van der Waals surface area contributed by atoms with Crippen LogP contribution >= 0.6 is 0 Å². The molecule has 1 amide bonds. The first-order valence-electron chi connectivity index (χ1n) is 7.98. The van der Waals surface area contributed by atoms with Crippen LogP contribution in [-0.4, -0.2) is 50.3 Å². The lowest BCUT2D eigenvalue weighted by atomic mass is 9.96. The third-order valence-electron chi connectivity index (χ3n) is 4.98. The van der Waals surface area contributed by atoms with Crippen LogP contribution in [0.25, 0.3) is 0 Å². The zero-order valence-corrected chi connectivity index (χ0v) is 13.6. The molecule has 1 saturated carbocycles. The van der Waals surface area contributed by atoms with Crippen LogP contribution in [0.4, 0.5) is 0 Å². The first kappa shape index (κ1) is 16.0. The Morgan fingerprint density at radius 2 is 2.04 bits per heavy atom. The molecule has 5 heteroatoms. The van der Waals surface area contributed by atoms with Crippen molar-refractivity contribution in [3.8, 4) is 6.07 Å². The Kier molecular flexibility index (Phi) is 4.38. The number of amides is 1. The van der Waals surface area contributed by atoms with E-state index in [1.165, 1.54) is 0 Å². The van der Waals surface area contributed by atoms with Crippen molar-refractivity contribution in [1.29, 1.82) is 5.26 Å². The van der Waals surface area contributed by atoms with Crippen molar-refractivity contribution in [1.82, 2.24) is 4.90 Å². The number of benzene rings is 1. The number of methoxy groups -OCH3 is 2. The molecule has 2 atom stereocenters. The van der Waals surface area contributed by atoms with E-state index < -0.39 is 0 Å². The molecule has 1 aliphatic heterocycles. The second-order valence-corrected chi connectivity index (χ2v) is 6.43. The minimum Gasteiger partial charge on any atom is -0.383 e. The number of nitriles is 1. The van der Waals surface area contributed by atoms with Gasteiger partial charge in [-0.15, -0.1) is 0 Å². The Balaban J connectivity index is 1.75. The van der Waals surface area contributed by atoms with Crippen LogP contribution in [0.1, 0.15) is 35.2 Å². The molecule has 0 radical (unpaired) electrons. The van der Waals surface area contributed by atoms with Gasteiger partial charge in [0.25, 0.3) is 5.91 Å². The predicted molar refractivity (Wildman–Crippen MR) is 85.1 cm³/mol. The van der Waals surface area contributed by atoms with Crippen molar-refractivity contribution < 1.29 is 14.3 Å². The van der Waals surface area contributed by atoms with E-state index in [1.54, 1.807) is 14.2 Å². The summed E-state index contributed by atoms with van der Waals surface area (Å²) in [4.78, 5) is 14.6. The second-order valence-electron chi connectivity index (χ2n) is 6.43. The van der Waals surface area contributed by atoms with Crippen LogP contribution in [0.3, 0.4) is 0 Å². The van der Waals surface area contributed by atoms with Gasteiger partial charge in [-0.1, -0.05) is 12.1 Å². The number of likely N-dealkylation sites (tertiary alicyclic amines) is 1. The summed E-state index contributed by atoms with van der Waals surface area (Å²) in [6, 6.07) is 9.92. The highest BCUT2D eigenvalue weighted by atomic mass is 16.5. The van der Waals surface area contributed by atoms with Gasteiger partial charge in [0.15, 0.2) is 0 Å². The van der Waals surface area contributed by atoms with Gasteiger partial charge in [-0.05, 0) is 37.0 Å². The number of ether oxygens (including phenoxy) is 2. The maximum Gasteiger partial charge on any atom is 0.254 e. The lowest BCUT2D eigenvalue weighted by Crippen LogP contribution is -2.38. The first-order chi connectivity index (χ1) is 11.1. The largest absolute Gasteiger partial charge is 0.383 e. The quantitative estimate of drug-likeness (QED) is 0.835. The number of carbonyl (C=O) groups excluding carboxylic acids is 1. The van der Waals surface area contributed by atoms with Crippen LogP contribution in [0, 0.1) is 11.3 Å². The van der Waals surface area contributed by atoms with Gasteiger partial charge >= 0.3 is 0 Å². The summed E-state index contributed by atoms with van der Waals surface area (Å²) in [5, 5.41) is 9.26. The number of carbonyl (C=O) groups is 1. The molecule has 1 heterocycles. The number of nitrogens with zero attached hydrogens (tertiary/aromatic N) is 2. The molecule has 2 aliphatic rings. The summed E-state index contributed by atoms with van der Waals surface area (Å²) in [7, 11) is 3.32. The first-order valence-corrected chi connectivity index (χ1v) is 7.98. The van der Waals surface area contributed by atoms with E-state index in [1.807, 2.05) is 29.2 Å². The summed E-state index contributed by atoms with van der Waals surface area (Å²) in [6.07, 6.45) is 2.68. The third kappa shape index (κ3) is 2.97. The van der Waals surface area contributed by atoms with Crippen LogP contribution < -0.4 is 0 Å². The fraction of sp³-hybridized carbons (Fsp3) is 0.556. The predicted octanol–water partition coefficient (Wildman–Crippen LogP) is 2.12. The van der Waals surface area contributed by atoms with Gasteiger partial charge in [-0.3, -0.25) is 4.79 Å². The lowest BCUT2D eigenvalue weighted by molar-refractivity contribution is 0.0612. The zero-order valence-electron chi connectivity index (χ0n) is 13.6. The van der Waals surface area contributed by atoms with Gasteiger partial charge in [-0.25, -0.2) is 0 Å². The minimum atomic E-state index is -0.311. The van der Waals surface area contributed by atoms with E-state index in [0.29, 0.717) is 18.7 Å². The van der Waals surface area contributed by atoms with Gasteiger partial charge in [0.05, 0.1) is 30.2 Å². The van der Waals surface area contributed by atoms with Gasteiger partial charge in [-0.2, -0.15) is 5.26 Å². The molecule has 5 nitrogen and oxygen atoms in total. The molecule has 1 aromatic rings.